The van der Waals surface area contributed by atoms with Crippen molar-refractivity contribution in [3.63, 3.8) is 0 Å². The smallest absolute Gasteiger partial charge is 0.383 e. The average Bonchev–Trinajstić information content (AvgIpc) is 2.62. The van der Waals surface area contributed by atoms with Crippen molar-refractivity contribution < 1.29 is 18.0 Å². The molecule has 0 unspecified atom stereocenters. The molecule has 0 bridgehead atoms. The molecule has 0 saturated carbocycles. The number of hydrogen-bond acceptors (Lipinski definition) is 6. The van der Waals surface area contributed by atoms with Gasteiger partial charge in [0, 0.05) is 0 Å². The summed E-state index contributed by atoms with van der Waals surface area (Å²) in [6.07, 6.45) is 0. The molecule has 0 aliphatic rings. The van der Waals surface area contributed by atoms with Crippen molar-refractivity contribution in [3.05, 3.63) is 11.7 Å². The van der Waals surface area contributed by atoms with Gasteiger partial charge < -0.3 is 19.2 Å². The zero-order valence-electron chi connectivity index (χ0n) is 10.6. The second-order valence-corrected chi connectivity index (χ2v) is 5.49. The molecule has 17 heavy (non-hydrogen) atoms. The highest BCUT2D eigenvalue weighted by atomic mass is 31.2. The van der Waals surface area contributed by atoms with E-state index in [0.29, 0.717) is 11.7 Å². The van der Waals surface area contributed by atoms with Crippen LogP contribution in [0.15, 0.2) is 4.42 Å². The molecule has 0 spiro atoms. The van der Waals surface area contributed by atoms with E-state index in [-0.39, 0.29) is 24.7 Å². The fourth-order valence-electron chi connectivity index (χ4n) is 1.36. The molecule has 0 fully saturated rings. The Morgan fingerprint density at radius 3 is 2.29 bits per heavy atom. The third-order valence-electron chi connectivity index (χ3n) is 2.04. The molecule has 0 amide bonds. The van der Waals surface area contributed by atoms with E-state index in [1.165, 1.54) is 0 Å². The highest BCUT2D eigenvalue weighted by Crippen LogP contribution is 2.47. The van der Waals surface area contributed by atoms with Crippen molar-refractivity contribution >= 4 is 13.0 Å². The lowest BCUT2D eigenvalue weighted by Crippen LogP contribution is -2.15. The van der Waals surface area contributed by atoms with E-state index in [0.717, 1.165) is 0 Å². The molecule has 0 radical (unpaired) electrons. The zero-order chi connectivity index (χ0) is 13.1. The van der Waals surface area contributed by atoms with Crippen LogP contribution in [0, 0.1) is 6.92 Å². The van der Waals surface area contributed by atoms with Crippen LogP contribution >= 0.6 is 7.60 Å². The van der Waals surface area contributed by atoms with Crippen molar-refractivity contribution in [3.8, 4) is 0 Å². The third-order valence-corrected chi connectivity index (χ3v) is 4.17. The molecule has 1 rings (SSSR count). The van der Waals surface area contributed by atoms with Crippen LogP contribution in [-0.2, 0) is 13.6 Å². The topological polar surface area (TPSA) is 87.6 Å². The van der Waals surface area contributed by atoms with E-state index < -0.39 is 7.60 Å². The summed E-state index contributed by atoms with van der Waals surface area (Å²) in [5.74, 6) is 0.750. The fourth-order valence-corrected chi connectivity index (χ4v) is 3.01. The Labute approximate surface area is 101 Å². The van der Waals surface area contributed by atoms with E-state index in [1.807, 2.05) is 0 Å². The molecule has 1 atom stereocenters. The summed E-state index contributed by atoms with van der Waals surface area (Å²) in [6, 6.07) is -0.362. The number of aromatic nitrogens is 1. The largest absolute Gasteiger partial charge is 0.443 e. The minimum atomic E-state index is -3.39. The summed E-state index contributed by atoms with van der Waals surface area (Å²) < 4.78 is 28.2. The number of rotatable bonds is 6. The van der Waals surface area contributed by atoms with Gasteiger partial charge in [0.05, 0.1) is 19.3 Å². The number of aryl methyl sites for hydroxylation is 1. The lowest BCUT2D eigenvalue weighted by Gasteiger charge is -2.14. The van der Waals surface area contributed by atoms with Gasteiger partial charge in [-0.05, 0) is 27.7 Å². The summed E-state index contributed by atoms with van der Waals surface area (Å²) >= 11 is 0. The molecule has 1 heterocycles. The standard InChI is InChI=1S/C10H19N2O4P/c1-5-14-17(13,15-6-2)10-8(4)16-9(12-10)7(3)11/h7H,5-6,11H2,1-4H3/t7-/m1/s1. The van der Waals surface area contributed by atoms with E-state index in [9.17, 15) is 4.57 Å². The Bertz CT molecular complexity index is 406. The van der Waals surface area contributed by atoms with Crippen LogP contribution in [0.1, 0.15) is 38.5 Å². The Hall–Kier alpha value is -0.680. The van der Waals surface area contributed by atoms with E-state index >= 15 is 0 Å². The van der Waals surface area contributed by atoms with E-state index in [4.69, 9.17) is 19.2 Å². The first-order valence-corrected chi connectivity index (χ1v) is 7.11. The van der Waals surface area contributed by atoms with Gasteiger partial charge in [-0.25, -0.2) is 4.98 Å². The van der Waals surface area contributed by atoms with Gasteiger partial charge in [0.2, 0.25) is 5.89 Å². The second-order valence-electron chi connectivity index (χ2n) is 3.55. The van der Waals surface area contributed by atoms with Gasteiger partial charge in [-0.15, -0.1) is 0 Å². The van der Waals surface area contributed by atoms with Crippen LogP contribution in [0.4, 0.5) is 0 Å². The molecule has 0 aliphatic carbocycles. The lowest BCUT2D eigenvalue weighted by atomic mass is 10.4. The molecule has 1 aromatic rings. The minimum Gasteiger partial charge on any atom is -0.443 e. The molecule has 0 aromatic carbocycles. The van der Waals surface area contributed by atoms with Gasteiger partial charge in [-0.2, -0.15) is 0 Å². The number of oxazole rings is 1. The summed E-state index contributed by atoms with van der Waals surface area (Å²) in [5.41, 5.74) is 5.88. The number of nitrogens with zero attached hydrogens (tertiary/aromatic N) is 1. The molecule has 1 aromatic heterocycles. The summed E-state index contributed by atoms with van der Waals surface area (Å²) in [5, 5.41) is 0. The van der Waals surface area contributed by atoms with Gasteiger partial charge in [-0.1, -0.05) is 0 Å². The van der Waals surface area contributed by atoms with E-state index in [1.54, 1.807) is 27.7 Å². The maximum absolute atomic E-state index is 12.5. The van der Waals surface area contributed by atoms with Gasteiger partial charge >= 0.3 is 7.60 Å². The molecule has 98 valence electrons. The number of nitrogens with two attached hydrogens (primary N) is 1. The monoisotopic (exact) mass is 262 g/mol. The summed E-state index contributed by atoms with van der Waals surface area (Å²) in [4.78, 5) is 4.11. The maximum Gasteiger partial charge on any atom is 0.383 e. The number of hydrogen-bond donors (Lipinski definition) is 1. The normalized spacial score (nSPS) is 13.9. The lowest BCUT2D eigenvalue weighted by molar-refractivity contribution is 0.229. The molecule has 0 aliphatic heterocycles. The Balaban J connectivity index is 3.14. The van der Waals surface area contributed by atoms with E-state index in [2.05, 4.69) is 4.98 Å². The second kappa shape index (κ2) is 5.78. The summed E-state index contributed by atoms with van der Waals surface area (Å²) in [6.45, 7) is 7.44. The highest BCUT2D eigenvalue weighted by molar-refractivity contribution is 7.62. The predicted molar refractivity (Wildman–Crippen MR) is 64.3 cm³/mol. The van der Waals surface area contributed by atoms with Crippen LogP contribution in [0.3, 0.4) is 0 Å². The quantitative estimate of drug-likeness (QED) is 0.788. The molecule has 7 heteroatoms. The summed E-state index contributed by atoms with van der Waals surface area (Å²) in [7, 11) is -3.39. The van der Waals surface area contributed by atoms with Crippen LogP contribution in [0.2, 0.25) is 0 Å². The molecule has 2 N–H and O–H groups in total. The first-order valence-electron chi connectivity index (χ1n) is 5.57. The molecule has 0 saturated heterocycles. The van der Waals surface area contributed by atoms with Crippen molar-refractivity contribution in [1.82, 2.24) is 4.98 Å². The molecular formula is C10H19N2O4P. The molecule has 6 nitrogen and oxygen atoms in total. The SMILES string of the molecule is CCOP(=O)(OCC)c1nc([C@@H](C)N)oc1C. The zero-order valence-corrected chi connectivity index (χ0v) is 11.5. The Morgan fingerprint density at radius 2 is 1.94 bits per heavy atom. The van der Waals surface area contributed by atoms with Gasteiger partial charge in [0.25, 0.3) is 0 Å². The third kappa shape index (κ3) is 3.16. The highest BCUT2D eigenvalue weighted by Gasteiger charge is 2.34. The van der Waals surface area contributed by atoms with Gasteiger partial charge in [0.15, 0.2) is 5.44 Å². The first-order chi connectivity index (χ1) is 7.94. The first kappa shape index (κ1) is 14.4. The van der Waals surface area contributed by atoms with Crippen molar-refractivity contribution in [2.24, 2.45) is 5.73 Å². The van der Waals surface area contributed by atoms with Crippen molar-refractivity contribution in [1.29, 1.82) is 0 Å². The van der Waals surface area contributed by atoms with Crippen molar-refractivity contribution in [2.75, 3.05) is 13.2 Å². The van der Waals surface area contributed by atoms with Gasteiger partial charge in [-0.3, -0.25) is 4.57 Å². The average molecular weight is 262 g/mol. The van der Waals surface area contributed by atoms with Crippen LogP contribution in [-0.4, -0.2) is 18.2 Å². The fraction of sp³-hybridized carbons (Fsp3) is 0.700. The van der Waals surface area contributed by atoms with Crippen LogP contribution in [0.25, 0.3) is 0 Å². The van der Waals surface area contributed by atoms with Gasteiger partial charge in [0.1, 0.15) is 5.76 Å². The Morgan fingerprint density at radius 1 is 1.41 bits per heavy atom. The predicted octanol–water partition coefficient (Wildman–Crippen LogP) is 1.89. The molecular weight excluding hydrogens is 243 g/mol. The van der Waals surface area contributed by atoms with Crippen molar-refractivity contribution in [2.45, 2.75) is 33.7 Å². The van der Waals surface area contributed by atoms with Crippen LogP contribution in [0.5, 0.6) is 0 Å². The Kier molecular flexibility index (Phi) is 4.89. The maximum atomic E-state index is 12.5. The minimum absolute atomic E-state index is 0.216. The van der Waals surface area contributed by atoms with Crippen LogP contribution < -0.4 is 11.2 Å².